The van der Waals surface area contributed by atoms with Crippen molar-refractivity contribution in [2.75, 3.05) is 0 Å². The summed E-state index contributed by atoms with van der Waals surface area (Å²) in [5, 5.41) is 8.90. The minimum absolute atomic E-state index is 0.111. The van der Waals surface area contributed by atoms with Gasteiger partial charge in [0.15, 0.2) is 0 Å². The average Bonchev–Trinajstić information content (AvgIpc) is 3.15. The highest BCUT2D eigenvalue weighted by molar-refractivity contribution is 7.07. The van der Waals surface area contributed by atoms with Crippen molar-refractivity contribution >= 4 is 29.4 Å². The van der Waals surface area contributed by atoms with Crippen LogP contribution in [0.3, 0.4) is 0 Å². The van der Waals surface area contributed by atoms with Crippen LogP contribution in [0.25, 0.3) is 6.08 Å². The lowest BCUT2D eigenvalue weighted by Crippen LogP contribution is -2.40. The summed E-state index contributed by atoms with van der Waals surface area (Å²) >= 11 is 1.31. The molecule has 5 nitrogen and oxygen atoms in total. The highest BCUT2D eigenvalue weighted by atomic mass is 32.1. The van der Waals surface area contributed by atoms with E-state index in [9.17, 15) is 9.59 Å². The lowest BCUT2D eigenvalue weighted by Gasteiger charge is -2.22. The second-order valence-corrected chi connectivity index (χ2v) is 8.13. The van der Waals surface area contributed by atoms with Crippen LogP contribution in [0.1, 0.15) is 33.1 Å². The first kappa shape index (κ1) is 19.1. The smallest absolute Gasteiger partial charge is 0.271 e. The van der Waals surface area contributed by atoms with Crippen LogP contribution in [0.15, 0.2) is 99.9 Å². The largest absolute Gasteiger partial charge is 0.298 e. The number of thiazole rings is 1. The number of aldehydes is 1. The Morgan fingerprint density at radius 3 is 2.13 bits per heavy atom. The van der Waals surface area contributed by atoms with Crippen molar-refractivity contribution in [2.24, 2.45) is 10.2 Å². The summed E-state index contributed by atoms with van der Waals surface area (Å²) in [6, 6.07) is 26.5. The molecule has 0 saturated heterocycles. The Labute approximate surface area is 182 Å². The normalized spacial score (nSPS) is 15.7. The molecule has 0 aliphatic carbocycles. The van der Waals surface area contributed by atoms with Crippen molar-refractivity contribution in [3.8, 4) is 0 Å². The fraction of sp³-hybridized carbons (Fsp3) is 0.0400. The maximum atomic E-state index is 13.5. The summed E-state index contributed by atoms with van der Waals surface area (Å²) in [6.07, 6.45) is 2.63. The number of hydrogen-bond acceptors (Lipinski definition) is 5. The van der Waals surface area contributed by atoms with Crippen LogP contribution in [0.5, 0.6) is 0 Å². The number of carbonyl (C=O) groups excluding carboxylic acids is 1. The average molecular weight is 423 g/mol. The standard InChI is InChI=1S/C25H17N3O2S/c29-16-18-13-11-17(12-14-18)15-21-24(30)28-23(20-9-5-2-6-10-20)22(26-27-25(28)31-21)19-7-3-1-4-8-19/h1-16,23H/b21-15-/t23-/m1/s1. The molecule has 0 unspecified atom stereocenters. The van der Waals surface area contributed by atoms with Crippen molar-refractivity contribution in [2.45, 2.75) is 6.04 Å². The van der Waals surface area contributed by atoms with Crippen molar-refractivity contribution in [1.82, 2.24) is 4.57 Å². The van der Waals surface area contributed by atoms with E-state index in [1.165, 1.54) is 11.3 Å². The van der Waals surface area contributed by atoms with E-state index < -0.39 is 0 Å². The molecule has 0 spiro atoms. The molecule has 0 N–H and O–H groups in total. The Kier molecular flexibility index (Phi) is 4.98. The Bertz CT molecular complexity index is 1450. The molecule has 2 heterocycles. The van der Waals surface area contributed by atoms with E-state index >= 15 is 0 Å². The summed E-state index contributed by atoms with van der Waals surface area (Å²) in [6.45, 7) is 0. The second-order valence-electron chi connectivity index (χ2n) is 7.12. The van der Waals surface area contributed by atoms with Crippen LogP contribution in [-0.2, 0) is 0 Å². The van der Waals surface area contributed by atoms with Crippen LogP contribution in [0.4, 0.5) is 0 Å². The van der Waals surface area contributed by atoms with Gasteiger partial charge in [-0.3, -0.25) is 14.2 Å². The van der Waals surface area contributed by atoms with E-state index in [-0.39, 0.29) is 11.6 Å². The van der Waals surface area contributed by atoms with Crippen LogP contribution in [0.2, 0.25) is 0 Å². The second kappa shape index (κ2) is 8.08. The van der Waals surface area contributed by atoms with Gasteiger partial charge in [-0.2, -0.15) is 0 Å². The molecule has 31 heavy (non-hydrogen) atoms. The number of rotatable bonds is 4. The van der Waals surface area contributed by atoms with Crippen molar-refractivity contribution in [1.29, 1.82) is 0 Å². The molecule has 5 rings (SSSR count). The number of hydrogen-bond donors (Lipinski definition) is 0. The molecule has 0 fully saturated rings. The van der Waals surface area contributed by atoms with Gasteiger partial charge >= 0.3 is 0 Å². The SMILES string of the molecule is O=Cc1ccc(/C=c2\sc3n(c2=O)[C@H](c2ccccc2)C(c2ccccc2)=NN=3)cc1. The minimum atomic E-state index is -0.362. The summed E-state index contributed by atoms with van der Waals surface area (Å²) in [7, 11) is 0. The van der Waals surface area contributed by atoms with Crippen molar-refractivity contribution in [3.63, 3.8) is 0 Å². The van der Waals surface area contributed by atoms with E-state index in [0.717, 1.165) is 28.7 Å². The van der Waals surface area contributed by atoms with Gasteiger partial charge in [0, 0.05) is 11.1 Å². The molecule has 1 atom stereocenters. The fourth-order valence-electron chi connectivity index (χ4n) is 3.65. The molecular weight excluding hydrogens is 406 g/mol. The van der Waals surface area contributed by atoms with Gasteiger partial charge in [0.05, 0.1) is 10.2 Å². The summed E-state index contributed by atoms with van der Waals surface area (Å²) < 4.78 is 2.30. The maximum Gasteiger partial charge on any atom is 0.271 e. The zero-order valence-electron chi connectivity index (χ0n) is 16.4. The third-order valence-electron chi connectivity index (χ3n) is 5.15. The molecule has 6 heteroatoms. The highest BCUT2D eigenvalue weighted by Crippen LogP contribution is 2.23. The lowest BCUT2D eigenvalue weighted by atomic mass is 9.96. The number of fused-ring (bicyclic) bond motifs is 1. The molecular formula is C25H17N3O2S. The van der Waals surface area contributed by atoms with E-state index in [1.54, 1.807) is 16.7 Å². The predicted octanol–water partition coefficient (Wildman–Crippen LogP) is 3.18. The van der Waals surface area contributed by atoms with Crippen LogP contribution >= 0.6 is 11.3 Å². The first-order chi connectivity index (χ1) is 15.2. The van der Waals surface area contributed by atoms with Gasteiger partial charge in [0.25, 0.3) is 5.56 Å². The highest BCUT2D eigenvalue weighted by Gasteiger charge is 2.28. The van der Waals surface area contributed by atoms with Gasteiger partial charge < -0.3 is 0 Å². The molecule has 0 radical (unpaired) electrons. The molecule has 1 aliphatic rings. The lowest BCUT2D eigenvalue weighted by molar-refractivity contribution is 0.112. The van der Waals surface area contributed by atoms with E-state index in [2.05, 4.69) is 10.2 Å². The number of carbonyl (C=O) groups is 1. The summed E-state index contributed by atoms with van der Waals surface area (Å²) in [5.41, 5.74) is 3.98. The summed E-state index contributed by atoms with van der Waals surface area (Å²) in [4.78, 5) is 24.9. The van der Waals surface area contributed by atoms with Gasteiger partial charge in [-0.05, 0) is 17.2 Å². The first-order valence-corrected chi connectivity index (χ1v) is 10.6. The topological polar surface area (TPSA) is 63.8 Å². The molecule has 0 amide bonds. The predicted molar refractivity (Wildman–Crippen MR) is 122 cm³/mol. The van der Waals surface area contributed by atoms with Crippen LogP contribution < -0.4 is 14.9 Å². The molecule has 150 valence electrons. The van der Waals surface area contributed by atoms with Gasteiger partial charge in [-0.15, -0.1) is 10.2 Å². The third kappa shape index (κ3) is 3.58. The monoisotopic (exact) mass is 423 g/mol. The Morgan fingerprint density at radius 1 is 0.806 bits per heavy atom. The zero-order chi connectivity index (χ0) is 21.2. The Morgan fingerprint density at radius 2 is 1.45 bits per heavy atom. The minimum Gasteiger partial charge on any atom is -0.298 e. The zero-order valence-corrected chi connectivity index (χ0v) is 17.2. The van der Waals surface area contributed by atoms with E-state index in [4.69, 9.17) is 0 Å². The molecule has 0 bridgehead atoms. The van der Waals surface area contributed by atoms with Gasteiger partial charge in [-0.1, -0.05) is 96.3 Å². The summed E-state index contributed by atoms with van der Waals surface area (Å²) in [5.74, 6) is 0. The Balaban J connectivity index is 1.69. The van der Waals surface area contributed by atoms with E-state index in [1.807, 2.05) is 78.9 Å². The van der Waals surface area contributed by atoms with E-state index in [0.29, 0.717) is 14.9 Å². The molecule has 4 aromatic rings. The van der Waals surface area contributed by atoms with Gasteiger partial charge in [-0.25, -0.2) is 0 Å². The fourth-order valence-corrected chi connectivity index (χ4v) is 4.59. The van der Waals surface area contributed by atoms with Gasteiger partial charge in [0.1, 0.15) is 12.3 Å². The molecule has 3 aromatic carbocycles. The number of nitrogens with zero attached hydrogens (tertiary/aromatic N) is 3. The first-order valence-electron chi connectivity index (χ1n) is 9.79. The van der Waals surface area contributed by atoms with Crippen molar-refractivity contribution in [3.05, 3.63) is 127 Å². The van der Waals surface area contributed by atoms with Crippen LogP contribution in [0, 0.1) is 0 Å². The number of benzene rings is 3. The number of aromatic nitrogens is 1. The van der Waals surface area contributed by atoms with Crippen LogP contribution in [-0.4, -0.2) is 16.6 Å². The quantitative estimate of drug-likeness (QED) is 0.473. The molecule has 1 aliphatic heterocycles. The molecule has 0 saturated carbocycles. The van der Waals surface area contributed by atoms with Crippen molar-refractivity contribution < 1.29 is 4.79 Å². The maximum absolute atomic E-state index is 13.5. The van der Waals surface area contributed by atoms with Gasteiger partial charge in [0.2, 0.25) is 4.80 Å². The Hall–Kier alpha value is -3.90. The molecule has 1 aromatic heterocycles. The third-order valence-corrected chi connectivity index (χ3v) is 6.13.